The Morgan fingerprint density at radius 3 is 3.14 bits per heavy atom. The maximum Gasteiger partial charge on any atom is 0.417 e. The first-order chi connectivity index (χ1) is 6.79. The summed E-state index contributed by atoms with van der Waals surface area (Å²) in [6.07, 6.45) is 0. The maximum absolute atomic E-state index is 10.9. The molecule has 0 aliphatic carbocycles. The van der Waals surface area contributed by atoms with Gasteiger partial charge in [0.05, 0.1) is 5.52 Å². The van der Waals surface area contributed by atoms with E-state index in [4.69, 9.17) is 4.42 Å². The van der Waals surface area contributed by atoms with Crippen molar-refractivity contribution in [3.8, 4) is 0 Å². The van der Waals surface area contributed by atoms with Gasteiger partial charge in [-0.15, -0.1) is 0 Å². The van der Waals surface area contributed by atoms with Crippen LogP contribution in [-0.2, 0) is 0 Å². The maximum atomic E-state index is 10.9. The molecule has 4 nitrogen and oxygen atoms in total. The molecule has 5 heteroatoms. The fourth-order valence-electron chi connectivity index (χ4n) is 1.26. The van der Waals surface area contributed by atoms with Crippen molar-refractivity contribution in [2.45, 2.75) is 0 Å². The van der Waals surface area contributed by atoms with Crippen LogP contribution in [-0.4, -0.2) is 17.3 Å². The molecule has 0 radical (unpaired) electrons. The second-order valence-electron chi connectivity index (χ2n) is 2.88. The first-order valence-corrected chi connectivity index (χ1v) is 4.90. The summed E-state index contributed by atoms with van der Waals surface area (Å²) >= 11 is 4.09. The number of rotatable bonds is 3. The summed E-state index contributed by atoms with van der Waals surface area (Å²) in [5, 5.41) is 3.16. The topological polar surface area (TPSA) is 58.0 Å². The number of hydrogen-bond donors (Lipinski definition) is 3. The standard InChI is InChI=1S/C9H10N2O2S/c12-9-11-7-5-6(10-3-4-14)1-2-8(7)13-9/h1-2,5,10,14H,3-4H2,(H,11,12). The molecular formula is C9H10N2O2S. The summed E-state index contributed by atoms with van der Waals surface area (Å²) in [6.45, 7) is 0.788. The van der Waals surface area contributed by atoms with Gasteiger partial charge in [0.25, 0.3) is 0 Å². The van der Waals surface area contributed by atoms with Gasteiger partial charge in [-0.25, -0.2) is 4.79 Å². The Kier molecular flexibility index (Phi) is 2.49. The molecule has 0 saturated carbocycles. The van der Waals surface area contributed by atoms with Crippen LogP contribution in [0.15, 0.2) is 27.4 Å². The molecule has 1 aromatic carbocycles. The zero-order chi connectivity index (χ0) is 9.97. The fourth-order valence-corrected chi connectivity index (χ4v) is 1.37. The molecule has 0 bridgehead atoms. The molecule has 1 aromatic heterocycles. The number of thiol groups is 1. The van der Waals surface area contributed by atoms with E-state index in [1.807, 2.05) is 12.1 Å². The summed E-state index contributed by atoms with van der Waals surface area (Å²) in [5.74, 6) is 0.339. The average molecular weight is 210 g/mol. The zero-order valence-corrected chi connectivity index (χ0v) is 8.30. The number of aromatic amines is 1. The van der Waals surface area contributed by atoms with Crippen molar-refractivity contribution >= 4 is 29.4 Å². The molecule has 0 spiro atoms. The van der Waals surface area contributed by atoms with Crippen molar-refractivity contribution in [3.63, 3.8) is 0 Å². The first kappa shape index (κ1) is 9.21. The van der Waals surface area contributed by atoms with E-state index in [2.05, 4.69) is 22.9 Å². The highest BCUT2D eigenvalue weighted by molar-refractivity contribution is 7.80. The molecule has 2 aromatic rings. The highest BCUT2D eigenvalue weighted by Crippen LogP contribution is 2.15. The molecule has 0 unspecified atom stereocenters. The van der Waals surface area contributed by atoms with Crippen molar-refractivity contribution < 1.29 is 4.42 Å². The molecule has 0 aliphatic rings. The monoisotopic (exact) mass is 210 g/mol. The molecule has 1 heterocycles. The van der Waals surface area contributed by atoms with Crippen LogP contribution in [0.1, 0.15) is 0 Å². The van der Waals surface area contributed by atoms with Crippen molar-refractivity contribution in [1.82, 2.24) is 4.98 Å². The van der Waals surface area contributed by atoms with E-state index in [1.54, 1.807) is 6.07 Å². The number of benzene rings is 1. The lowest BCUT2D eigenvalue weighted by Crippen LogP contribution is -2.01. The van der Waals surface area contributed by atoms with Gasteiger partial charge < -0.3 is 9.73 Å². The van der Waals surface area contributed by atoms with Crippen molar-refractivity contribution in [3.05, 3.63) is 28.7 Å². The molecule has 2 N–H and O–H groups in total. The minimum Gasteiger partial charge on any atom is -0.408 e. The minimum atomic E-state index is -0.425. The van der Waals surface area contributed by atoms with E-state index in [0.29, 0.717) is 11.1 Å². The van der Waals surface area contributed by atoms with Gasteiger partial charge in [-0.05, 0) is 18.2 Å². The van der Waals surface area contributed by atoms with Crippen LogP contribution in [0.4, 0.5) is 5.69 Å². The molecule has 14 heavy (non-hydrogen) atoms. The van der Waals surface area contributed by atoms with Gasteiger partial charge in [0.2, 0.25) is 0 Å². The number of nitrogens with one attached hydrogen (secondary N) is 2. The van der Waals surface area contributed by atoms with Gasteiger partial charge in [-0.2, -0.15) is 12.6 Å². The second-order valence-corrected chi connectivity index (χ2v) is 3.32. The fraction of sp³-hybridized carbons (Fsp3) is 0.222. The van der Waals surface area contributed by atoms with E-state index in [9.17, 15) is 4.79 Å². The smallest absolute Gasteiger partial charge is 0.408 e. The molecule has 0 saturated heterocycles. The van der Waals surface area contributed by atoms with Crippen LogP contribution >= 0.6 is 12.6 Å². The Morgan fingerprint density at radius 1 is 1.50 bits per heavy atom. The predicted molar refractivity (Wildman–Crippen MR) is 59.2 cm³/mol. The minimum absolute atomic E-state index is 0.425. The molecule has 0 aliphatic heterocycles. The first-order valence-electron chi connectivity index (χ1n) is 4.27. The summed E-state index contributed by atoms with van der Waals surface area (Å²) in [6, 6.07) is 5.46. The number of fused-ring (bicyclic) bond motifs is 1. The molecule has 0 fully saturated rings. The van der Waals surface area contributed by atoms with Gasteiger partial charge in [0.1, 0.15) is 0 Å². The molecule has 2 rings (SSSR count). The van der Waals surface area contributed by atoms with Crippen LogP contribution in [0.3, 0.4) is 0 Å². The van der Waals surface area contributed by atoms with Gasteiger partial charge >= 0.3 is 5.76 Å². The van der Waals surface area contributed by atoms with E-state index in [1.165, 1.54) is 0 Å². The Labute approximate surface area is 85.7 Å². The van der Waals surface area contributed by atoms with Crippen molar-refractivity contribution in [2.24, 2.45) is 0 Å². The Balaban J connectivity index is 2.35. The van der Waals surface area contributed by atoms with Gasteiger partial charge in [0, 0.05) is 18.0 Å². The van der Waals surface area contributed by atoms with E-state index in [0.717, 1.165) is 18.0 Å². The van der Waals surface area contributed by atoms with Gasteiger partial charge in [0.15, 0.2) is 5.58 Å². The SMILES string of the molecule is O=c1[nH]c2cc(NCCS)ccc2o1. The normalized spacial score (nSPS) is 10.6. The summed E-state index contributed by atoms with van der Waals surface area (Å²) < 4.78 is 4.87. The highest BCUT2D eigenvalue weighted by Gasteiger charge is 2.00. The summed E-state index contributed by atoms with van der Waals surface area (Å²) in [4.78, 5) is 13.5. The van der Waals surface area contributed by atoms with E-state index < -0.39 is 5.76 Å². The Hall–Kier alpha value is -1.36. The van der Waals surface area contributed by atoms with Crippen LogP contribution in [0, 0.1) is 0 Å². The van der Waals surface area contributed by atoms with E-state index >= 15 is 0 Å². The third kappa shape index (κ3) is 1.77. The lowest BCUT2D eigenvalue weighted by molar-refractivity contribution is 0.555. The molecule has 74 valence electrons. The van der Waals surface area contributed by atoms with Gasteiger partial charge in [-0.1, -0.05) is 0 Å². The van der Waals surface area contributed by atoms with Crippen molar-refractivity contribution in [1.29, 1.82) is 0 Å². The Bertz CT molecular complexity index is 489. The van der Waals surface area contributed by atoms with Crippen LogP contribution < -0.4 is 11.1 Å². The number of anilines is 1. The van der Waals surface area contributed by atoms with E-state index in [-0.39, 0.29) is 0 Å². The zero-order valence-electron chi connectivity index (χ0n) is 7.41. The number of H-pyrrole nitrogens is 1. The molecular weight excluding hydrogens is 200 g/mol. The third-order valence-corrected chi connectivity index (χ3v) is 2.08. The number of oxazole rings is 1. The largest absolute Gasteiger partial charge is 0.417 e. The lowest BCUT2D eigenvalue weighted by Gasteiger charge is -2.02. The van der Waals surface area contributed by atoms with Crippen LogP contribution in [0.2, 0.25) is 0 Å². The summed E-state index contributed by atoms with van der Waals surface area (Å²) in [5.41, 5.74) is 2.23. The molecule has 0 atom stereocenters. The predicted octanol–water partition coefficient (Wildman–Crippen LogP) is 1.46. The molecule has 0 amide bonds. The highest BCUT2D eigenvalue weighted by atomic mass is 32.1. The van der Waals surface area contributed by atoms with Crippen LogP contribution in [0.25, 0.3) is 11.1 Å². The van der Waals surface area contributed by atoms with Crippen LogP contribution in [0.5, 0.6) is 0 Å². The average Bonchev–Trinajstić information content (AvgIpc) is 2.54. The second kappa shape index (κ2) is 3.79. The third-order valence-electron chi connectivity index (χ3n) is 1.86. The number of aromatic nitrogens is 1. The summed E-state index contributed by atoms with van der Waals surface area (Å²) in [7, 11) is 0. The number of hydrogen-bond acceptors (Lipinski definition) is 4. The van der Waals surface area contributed by atoms with Crippen molar-refractivity contribution in [2.75, 3.05) is 17.6 Å². The Morgan fingerprint density at radius 2 is 2.36 bits per heavy atom. The van der Waals surface area contributed by atoms with Gasteiger partial charge in [-0.3, -0.25) is 4.98 Å². The lowest BCUT2D eigenvalue weighted by atomic mass is 10.3. The quantitative estimate of drug-likeness (QED) is 0.672.